The van der Waals surface area contributed by atoms with Crippen LogP contribution in [-0.4, -0.2) is 21.3 Å². The van der Waals surface area contributed by atoms with Crippen LogP contribution >= 0.6 is 11.6 Å². The molecule has 1 amide bonds. The van der Waals surface area contributed by atoms with Crippen molar-refractivity contribution in [3.05, 3.63) is 53.2 Å². The van der Waals surface area contributed by atoms with Crippen LogP contribution in [0.25, 0.3) is 17.7 Å². The van der Waals surface area contributed by atoms with Crippen LogP contribution < -0.4 is 5.32 Å². The van der Waals surface area contributed by atoms with Crippen LogP contribution in [0.2, 0.25) is 5.02 Å². The third-order valence-corrected chi connectivity index (χ3v) is 2.97. The molecule has 0 bridgehead atoms. The van der Waals surface area contributed by atoms with E-state index in [4.69, 9.17) is 20.5 Å². The Morgan fingerprint density at radius 3 is 2.86 bits per heavy atom. The second-order valence-corrected chi connectivity index (χ2v) is 4.54. The zero-order valence-electron chi connectivity index (χ0n) is 11.1. The van der Waals surface area contributed by atoms with Crippen molar-refractivity contribution in [1.82, 2.24) is 15.4 Å². The van der Waals surface area contributed by atoms with E-state index in [1.54, 1.807) is 24.3 Å². The molecule has 2 heterocycles. The van der Waals surface area contributed by atoms with Crippen LogP contribution in [0, 0.1) is 0 Å². The third-order valence-electron chi connectivity index (χ3n) is 2.62. The highest BCUT2D eigenvalue weighted by molar-refractivity contribution is 6.32. The van der Waals surface area contributed by atoms with E-state index < -0.39 is 5.91 Å². The van der Waals surface area contributed by atoms with Crippen LogP contribution in [0.1, 0.15) is 5.56 Å². The molecule has 8 heteroatoms. The maximum absolute atomic E-state index is 11.8. The van der Waals surface area contributed by atoms with Crippen molar-refractivity contribution in [3.63, 3.8) is 0 Å². The lowest BCUT2D eigenvalue weighted by Gasteiger charge is -1.97. The third kappa shape index (κ3) is 3.21. The molecule has 0 radical (unpaired) electrons. The van der Waals surface area contributed by atoms with E-state index in [0.717, 1.165) is 5.56 Å². The summed E-state index contributed by atoms with van der Waals surface area (Å²) in [7, 11) is 0. The van der Waals surface area contributed by atoms with E-state index in [2.05, 4.69) is 20.7 Å². The van der Waals surface area contributed by atoms with Gasteiger partial charge < -0.3 is 8.94 Å². The predicted molar refractivity (Wildman–Crippen MR) is 78.9 cm³/mol. The van der Waals surface area contributed by atoms with Gasteiger partial charge in [-0.3, -0.25) is 10.1 Å². The Morgan fingerprint density at radius 2 is 2.09 bits per heavy atom. The second kappa shape index (κ2) is 6.23. The molecule has 7 nitrogen and oxygen atoms in total. The van der Waals surface area contributed by atoms with Gasteiger partial charge in [-0.15, -0.1) is 5.10 Å². The van der Waals surface area contributed by atoms with Crippen LogP contribution in [0.15, 0.2) is 51.5 Å². The zero-order chi connectivity index (χ0) is 15.4. The van der Waals surface area contributed by atoms with Crippen molar-refractivity contribution in [2.24, 2.45) is 0 Å². The van der Waals surface area contributed by atoms with Crippen LogP contribution in [0.3, 0.4) is 0 Å². The first-order chi connectivity index (χ1) is 10.7. The van der Waals surface area contributed by atoms with Crippen molar-refractivity contribution in [2.75, 3.05) is 5.32 Å². The minimum atomic E-state index is -0.423. The van der Waals surface area contributed by atoms with E-state index in [0.29, 0.717) is 10.8 Å². The van der Waals surface area contributed by atoms with Gasteiger partial charge in [-0.05, 0) is 17.7 Å². The van der Waals surface area contributed by atoms with Gasteiger partial charge in [0.25, 0.3) is 11.8 Å². The van der Waals surface area contributed by atoms with Gasteiger partial charge in [0, 0.05) is 17.2 Å². The standard InChI is InChI=1S/C14H9ClN4O3/c15-10-4-2-1-3-9(10)5-6-12(20)17-14-19-18-13(21-14)11-7-8-16-22-11/h1-8H,(H,17,19,20)/b6-5+. The average Bonchev–Trinajstić information content (AvgIpc) is 3.17. The number of rotatable bonds is 4. The Hall–Kier alpha value is -2.93. The molecule has 0 saturated heterocycles. The van der Waals surface area contributed by atoms with Crippen molar-refractivity contribution in [2.45, 2.75) is 0 Å². The van der Waals surface area contributed by atoms with E-state index in [1.165, 1.54) is 12.3 Å². The van der Waals surface area contributed by atoms with Gasteiger partial charge in [0.05, 0.1) is 6.20 Å². The maximum atomic E-state index is 11.8. The number of hydrogen-bond acceptors (Lipinski definition) is 6. The molecule has 0 aliphatic carbocycles. The topological polar surface area (TPSA) is 94.1 Å². The predicted octanol–water partition coefficient (Wildman–Crippen LogP) is 3.03. The number of carbonyl (C=O) groups is 1. The maximum Gasteiger partial charge on any atom is 0.322 e. The van der Waals surface area contributed by atoms with Gasteiger partial charge in [0.2, 0.25) is 5.76 Å². The Morgan fingerprint density at radius 1 is 1.23 bits per heavy atom. The summed E-state index contributed by atoms with van der Waals surface area (Å²) in [5, 5.41) is 13.9. The summed E-state index contributed by atoms with van der Waals surface area (Å²) in [5.41, 5.74) is 0.729. The van der Waals surface area contributed by atoms with Crippen molar-refractivity contribution in [1.29, 1.82) is 0 Å². The molecule has 1 aromatic carbocycles. The van der Waals surface area contributed by atoms with Crippen molar-refractivity contribution >= 4 is 29.6 Å². The SMILES string of the molecule is O=C(/C=C/c1ccccc1Cl)Nc1nnc(-c2ccno2)o1. The summed E-state index contributed by atoms with van der Waals surface area (Å²) >= 11 is 5.99. The summed E-state index contributed by atoms with van der Waals surface area (Å²) < 4.78 is 10.1. The molecule has 3 rings (SSSR count). The van der Waals surface area contributed by atoms with Gasteiger partial charge in [0.1, 0.15) is 0 Å². The number of hydrogen-bond donors (Lipinski definition) is 1. The summed E-state index contributed by atoms with van der Waals surface area (Å²) in [6.45, 7) is 0. The lowest BCUT2D eigenvalue weighted by Crippen LogP contribution is -2.07. The van der Waals surface area contributed by atoms with Gasteiger partial charge >= 0.3 is 6.01 Å². The number of amides is 1. The highest BCUT2D eigenvalue weighted by Gasteiger charge is 2.12. The number of benzene rings is 1. The molecule has 0 unspecified atom stereocenters. The van der Waals surface area contributed by atoms with Crippen molar-refractivity contribution in [3.8, 4) is 11.7 Å². The van der Waals surface area contributed by atoms with E-state index in [1.807, 2.05) is 12.1 Å². The van der Waals surface area contributed by atoms with E-state index in [-0.39, 0.29) is 11.9 Å². The monoisotopic (exact) mass is 316 g/mol. The van der Waals surface area contributed by atoms with Gasteiger partial charge in [-0.25, -0.2) is 0 Å². The summed E-state index contributed by atoms with van der Waals surface area (Å²) in [6.07, 6.45) is 4.36. The van der Waals surface area contributed by atoms with Crippen LogP contribution in [0.4, 0.5) is 6.01 Å². The lowest BCUT2D eigenvalue weighted by atomic mass is 10.2. The molecule has 1 N–H and O–H groups in total. The smallest absolute Gasteiger partial charge is 0.322 e. The van der Waals surface area contributed by atoms with Crippen LogP contribution in [-0.2, 0) is 4.79 Å². The Balaban J connectivity index is 1.66. The van der Waals surface area contributed by atoms with E-state index in [9.17, 15) is 4.79 Å². The van der Waals surface area contributed by atoms with Crippen LogP contribution in [0.5, 0.6) is 0 Å². The Kier molecular flexibility index (Phi) is 3.97. The average molecular weight is 317 g/mol. The molecule has 0 atom stereocenters. The first-order valence-electron chi connectivity index (χ1n) is 6.20. The fourth-order valence-corrected chi connectivity index (χ4v) is 1.82. The summed E-state index contributed by atoms with van der Waals surface area (Å²) in [5.74, 6) is 0.0233. The minimum Gasteiger partial charge on any atom is -0.400 e. The molecule has 22 heavy (non-hydrogen) atoms. The lowest BCUT2D eigenvalue weighted by molar-refractivity contribution is -0.112. The number of nitrogens with one attached hydrogen (secondary N) is 1. The fraction of sp³-hybridized carbons (Fsp3) is 0. The van der Waals surface area contributed by atoms with Crippen molar-refractivity contribution < 1.29 is 13.7 Å². The fourth-order valence-electron chi connectivity index (χ4n) is 1.62. The van der Waals surface area contributed by atoms with Gasteiger partial charge in [-0.1, -0.05) is 40.1 Å². The molecule has 0 aliphatic heterocycles. The summed E-state index contributed by atoms with van der Waals surface area (Å²) in [4.78, 5) is 11.8. The number of anilines is 1. The molecular weight excluding hydrogens is 308 g/mol. The molecular formula is C14H9ClN4O3. The number of nitrogens with zero attached hydrogens (tertiary/aromatic N) is 3. The Labute approximate surface area is 129 Å². The molecule has 0 saturated carbocycles. The van der Waals surface area contributed by atoms with Gasteiger partial charge in [0.15, 0.2) is 0 Å². The van der Waals surface area contributed by atoms with Gasteiger partial charge in [-0.2, -0.15) is 0 Å². The Bertz CT molecular complexity index is 811. The highest BCUT2D eigenvalue weighted by atomic mass is 35.5. The molecule has 0 aliphatic rings. The summed E-state index contributed by atoms with van der Waals surface area (Å²) in [6, 6.07) is 8.69. The first kappa shape index (κ1) is 14.0. The normalized spacial score (nSPS) is 11.0. The highest BCUT2D eigenvalue weighted by Crippen LogP contribution is 2.19. The first-order valence-corrected chi connectivity index (χ1v) is 6.58. The number of carbonyl (C=O) groups excluding carboxylic acids is 1. The molecule has 3 aromatic rings. The zero-order valence-corrected chi connectivity index (χ0v) is 11.8. The second-order valence-electron chi connectivity index (χ2n) is 4.13. The molecule has 0 spiro atoms. The minimum absolute atomic E-state index is 0.0415. The molecule has 2 aromatic heterocycles. The number of aromatic nitrogens is 3. The number of halogens is 1. The quantitative estimate of drug-likeness (QED) is 0.743. The molecule has 0 fully saturated rings. The largest absolute Gasteiger partial charge is 0.400 e. The molecule has 110 valence electrons. The van der Waals surface area contributed by atoms with E-state index >= 15 is 0 Å².